The Morgan fingerprint density at radius 3 is 3.06 bits per heavy atom. The predicted molar refractivity (Wildman–Crippen MR) is 55.7 cm³/mol. The number of hydrogen-bond acceptors (Lipinski definition) is 6. The van der Waals surface area contributed by atoms with Gasteiger partial charge in [-0.2, -0.15) is 5.21 Å². The van der Waals surface area contributed by atoms with Crippen molar-refractivity contribution in [3.63, 3.8) is 0 Å². The van der Waals surface area contributed by atoms with E-state index in [1.165, 1.54) is 4.57 Å². The van der Waals surface area contributed by atoms with Crippen molar-refractivity contribution in [1.82, 2.24) is 30.2 Å². The van der Waals surface area contributed by atoms with Gasteiger partial charge in [0, 0.05) is 19.4 Å². The maximum absolute atomic E-state index is 11.6. The number of aromatic amines is 1. The predicted octanol–water partition coefficient (Wildman–Crippen LogP) is -0.534. The molecule has 2 N–H and O–H groups in total. The second kappa shape index (κ2) is 4.09. The van der Waals surface area contributed by atoms with Crippen molar-refractivity contribution in [3.8, 4) is 0 Å². The van der Waals surface area contributed by atoms with Crippen molar-refractivity contribution in [2.75, 3.05) is 5.32 Å². The molecule has 2 heterocycles. The van der Waals surface area contributed by atoms with Crippen LogP contribution < -0.4 is 10.9 Å². The van der Waals surface area contributed by atoms with Crippen molar-refractivity contribution < 1.29 is 0 Å². The van der Waals surface area contributed by atoms with Gasteiger partial charge in [-0.05, 0) is 6.92 Å². The van der Waals surface area contributed by atoms with Crippen LogP contribution in [-0.4, -0.2) is 30.2 Å². The number of anilines is 1. The van der Waals surface area contributed by atoms with Gasteiger partial charge in [-0.1, -0.05) is 5.21 Å². The maximum atomic E-state index is 11.6. The first-order chi connectivity index (χ1) is 7.68. The molecule has 0 amide bonds. The first-order valence-corrected chi connectivity index (χ1v) is 4.70. The Morgan fingerprint density at radius 2 is 2.38 bits per heavy atom. The molecule has 0 fully saturated rings. The monoisotopic (exact) mass is 221 g/mol. The topological polar surface area (TPSA) is 101 Å². The lowest BCUT2D eigenvalue weighted by Gasteiger charge is -2.10. The molecule has 0 radical (unpaired) electrons. The molecule has 84 valence electrons. The summed E-state index contributed by atoms with van der Waals surface area (Å²) in [6, 6.07) is -0.235. The van der Waals surface area contributed by atoms with Crippen LogP contribution in [0.5, 0.6) is 0 Å². The number of aryl methyl sites for hydroxylation is 1. The number of tetrazole rings is 1. The molecule has 0 aliphatic carbocycles. The summed E-state index contributed by atoms with van der Waals surface area (Å²) >= 11 is 0. The zero-order valence-electron chi connectivity index (χ0n) is 8.88. The molecule has 0 saturated carbocycles. The van der Waals surface area contributed by atoms with Crippen LogP contribution in [0, 0.1) is 0 Å². The molecule has 0 bridgehead atoms. The largest absolute Gasteiger partial charge is 0.356 e. The Balaban J connectivity index is 2.22. The van der Waals surface area contributed by atoms with Crippen molar-refractivity contribution in [3.05, 3.63) is 28.6 Å². The van der Waals surface area contributed by atoms with Crippen LogP contribution in [-0.2, 0) is 7.05 Å². The van der Waals surface area contributed by atoms with E-state index in [0.29, 0.717) is 5.82 Å². The van der Waals surface area contributed by atoms with Gasteiger partial charge >= 0.3 is 0 Å². The van der Waals surface area contributed by atoms with E-state index >= 15 is 0 Å². The summed E-state index contributed by atoms with van der Waals surface area (Å²) in [5.41, 5.74) is -0.196. The van der Waals surface area contributed by atoms with Crippen molar-refractivity contribution in [2.45, 2.75) is 13.0 Å². The molecular weight excluding hydrogens is 210 g/mol. The lowest BCUT2D eigenvalue weighted by Crippen LogP contribution is -2.23. The number of nitrogens with zero attached hydrogens (tertiary/aromatic N) is 5. The highest BCUT2D eigenvalue weighted by Crippen LogP contribution is 2.08. The lowest BCUT2D eigenvalue weighted by atomic mass is 10.3. The average molecular weight is 221 g/mol. The summed E-state index contributed by atoms with van der Waals surface area (Å²) in [5.74, 6) is 0.745. The molecular formula is C8H11N7O. The summed E-state index contributed by atoms with van der Waals surface area (Å²) in [5, 5.41) is 16.4. The van der Waals surface area contributed by atoms with Gasteiger partial charge in [0.05, 0.1) is 6.04 Å². The van der Waals surface area contributed by atoms with E-state index in [4.69, 9.17) is 0 Å². The van der Waals surface area contributed by atoms with Gasteiger partial charge in [0.1, 0.15) is 0 Å². The smallest absolute Gasteiger partial charge is 0.293 e. The highest BCUT2D eigenvalue weighted by molar-refractivity contribution is 5.32. The highest BCUT2D eigenvalue weighted by Gasteiger charge is 2.12. The van der Waals surface area contributed by atoms with Crippen molar-refractivity contribution in [2.24, 2.45) is 7.05 Å². The van der Waals surface area contributed by atoms with Crippen LogP contribution >= 0.6 is 0 Å². The van der Waals surface area contributed by atoms with Crippen LogP contribution in [0.15, 0.2) is 17.2 Å². The summed E-state index contributed by atoms with van der Waals surface area (Å²) in [6.45, 7) is 1.82. The Morgan fingerprint density at radius 1 is 1.56 bits per heavy atom. The van der Waals surface area contributed by atoms with Gasteiger partial charge in [0.15, 0.2) is 11.6 Å². The van der Waals surface area contributed by atoms with Crippen LogP contribution in [0.2, 0.25) is 0 Å². The third kappa shape index (κ3) is 1.90. The van der Waals surface area contributed by atoms with Gasteiger partial charge in [0.25, 0.3) is 5.56 Å². The molecule has 8 nitrogen and oxygen atoms in total. The Hall–Kier alpha value is -2.25. The second-order valence-electron chi connectivity index (χ2n) is 3.33. The maximum Gasteiger partial charge on any atom is 0.293 e. The number of rotatable bonds is 3. The van der Waals surface area contributed by atoms with E-state index < -0.39 is 0 Å². The molecule has 2 aromatic heterocycles. The second-order valence-corrected chi connectivity index (χ2v) is 3.33. The fraction of sp³-hybridized carbons (Fsp3) is 0.375. The summed E-state index contributed by atoms with van der Waals surface area (Å²) in [4.78, 5) is 15.6. The minimum Gasteiger partial charge on any atom is -0.356 e. The Bertz CT molecular complexity index is 517. The van der Waals surface area contributed by atoms with Gasteiger partial charge in [-0.25, -0.2) is 4.98 Å². The summed E-state index contributed by atoms with van der Waals surface area (Å²) < 4.78 is 1.44. The van der Waals surface area contributed by atoms with E-state index in [0.717, 1.165) is 0 Å². The van der Waals surface area contributed by atoms with E-state index in [1.807, 2.05) is 6.92 Å². The molecule has 16 heavy (non-hydrogen) atoms. The molecule has 2 aromatic rings. The Kier molecular flexibility index (Phi) is 2.63. The summed E-state index contributed by atoms with van der Waals surface area (Å²) in [7, 11) is 1.66. The van der Waals surface area contributed by atoms with Crippen LogP contribution in [0.4, 0.5) is 5.82 Å². The first kappa shape index (κ1) is 10.3. The minimum absolute atomic E-state index is 0.196. The number of H-pyrrole nitrogens is 1. The molecule has 8 heteroatoms. The zero-order chi connectivity index (χ0) is 11.5. The quantitative estimate of drug-likeness (QED) is 0.722. The molecule has 1 unspecified atom stereocenters. The molecule has 0 spiro atoms. The molecule has 1 atom stereocenters. The fourth-order valence-electron chi connectivity index (χ4n) is 1.22. The van der Waals surface area contributed by atoms with Crippen molar-refractivity contribution in [1.29, 1.82) is 0 Å². The van der Waals surface area contributed by atoms with Gasteiger partial charge < -0.3 is 9.88 Å². The number of nitrogens with one attached hydrogen (secondary N) is 2. The number of hydrogen-bond donors (Lipinski definition) is 2. The highest BCUT2D eigenvalue weighted by atomic mass is 16.1. The normalized spacial score (nSPS) is 12.4. The van der Waals surface area contributed by atoms with Crippen LogP contribution in [0.3, 0.4) is 0 Å². The number of aromatic nitrogens is 6. The minimum atomic E-state index is -0.235. The van der Waals surface area contributed by atoms with Gasteiger partial charge in [-0.3, -0.25) is 4.79 Å². The molecule has 0 aliphatic heterocycles. The molecule has 2 rings (SSSR count). The van der Waals surface area contributed by atoms with Crippen molar-refractivity contribution >= 4 is 5.82 Å². The molecule has 0 aliphatic rings. The van der Waals surface area contributed by atoms with E-state index in [-0.39, 0.29) is 17.4 Å². The first-order valence-electron chi connectivity index (χ1n) is 4.70. The van der Waals surface area contributed by atoms with Crippen LogP contribution in [0.1, 0.15) is 18.8 Å². The lowest BCUT2D eigenvalue weighted by molar-refractivity contribution is 0.770. The van der Waals surface area contributed by atoms with E-state index in [1.54, 1.807) is 19.4 Å². The third-order valence-corrected chi connectivity index (χ3v) is 2.12. The average Bonchev–Trinajstić information content (AvgIpc) is 2.78. The van der Waals surface area contributed by atoms with Crippen LogP contribution in [0.25, 0.3) is 0 Å². The fourth-order valence-corrected chi connectivity index (χ4v) is 1.22. The van der Waals surface area contributed by atoms with Gasteiger partial charge in [0.2, 0.25) is 0 Å². The zero-order valence-corrected chi connectivity index (χ0v) is 8.88. The standard InChI is InChI=1S/C8H11N7O/c1-5(6-11-13-14-12-6)10-7-8(16)15(2)4-3-9-7/h3-5H,1-2H3,(H,9,10)(H,11,12,13,14). The Labute approximate surface area is 90.7 Å². The molecule has 0 aromatic carbocycles. The SMILES string of the molecule is CC(Nc1nccn(C)c1=O)c1nn[nH]n1. The van der Waals surface area contributed by atoms with E-state index in [2.05, 4.69) is 30.9 Å². The molecule has 0 saturated heterocycles. The van der Waals surface area contributed by atoms with E-state index in [9.17, 15) is 4.79 Å². The third-order valence-electron chi connectivity index (χ3n) is 2.12. The van der Waals surface area contributed by atoms with Gasteiger partial charge in [-0.15, -0.1) is 10.2 Å². The summed E-state index contributed by atoms with van der Waals surface area (Å²) in [6.07, 6.45) is 3.14.